The molecular weight excluding hydrogens is 308 g/mol. The fraction of sp³-hybridized carbons (Fsp3) is 0.444. The number of aromatic nitrogens is 1. The van der Waals surface area contributed by atoms with E-state index in [0.29, 0.717) is 6.54 Å². The van der Waals surface area contributed by atoms with Crippen molar-refractivity contribution in [1.82, 2.24) is 9.88 Å². The van der Waals surface area contributed by atoms with Crippen LogP contribution in [0.1, 0.15) is 51.6 Å². The number of amides is 1. The van der Waals surface area contributed by atoms with E-state index in [-0.39, 0.29) is 23.1 Å². The average molecular weight is 330 g/mol. The molecule has 0 aromatic carbocycles. The predicted octanol–water partition coefficient (Wildman–Crippen LogP) is 3.28. The third kappa shape index (κ3) is 3.24. The second kappa shape index (κ2) is 6.32. The SMILES string of the molecule is Cc1ccc(C(=O)N(Cc2cc3c(s2)CCC3)C(C)C)c(=O)[nH]1. The summed E-state index contributed by atoms with van der Waals surface area (Å²) in [5.41, 5.74) is 2.11. The van der Waals surface area contributed by atoms with Crippen molar-refractivity contribution >= 4 is 17.2 Å². The van der Waals surface area contributed by atoms with Crippen LogP contribution in [0.3, 0.4) is 0 Å². The molecule has 0 radical (unpaired) electrons. The van der Waals surface area contributed by atoms with Gasteiger partial charge in [-0.25, -0.2) is 0 Å². The van der Waals surface area contributed by atoms with Gasteiger partial charge >= 0.3 is 0 Å². The summed E-state index contributed by atoms with van der Waals surface area (Å²) in [5.74, 6) is -0.199. The van der Waals surface area contributed by atoms with Crippen molar-refractivity contribution in [1.29, 1.82) is 0 Å². The molecule has 1 aliphatic carbocycles. The number of thiophene rings is 1. The minimum absolute atomic E-state index is 0.0418. The number of hydrogen-bond acceptors (Lipinski definition) is 3. The number of H-pyrrole nitrogens is 1. The van der Waals surface area contributed by atoms with Gasteiger partial charge in [-0.3, -0.25) is 9.59 Å². The second-order valence-corrected chi connectivity index (χ2v) is 7.65. The van der Waals surface area contributed by atoms with Gasteiger partial charge in [0.15, 0.2) is 0 Å². The standard InChI is InChI=1S/C18H22N2O2S/c1-11(2)20(10-14-9-13-5-4-6-16(13)23-14)18(22)15-8-7-12(3)19-17(15)21/h7-9,11H,4-6,10H2,1-3H3,(H,19,21). The van der Waals surface area contributed by atoms with Gasteiger partial charge in [0, 0.05) is 21.5 Å². The minimum Gasteiger partial charge on any atom is -0.331 e. The Bertz CT molecular complexity index is 767. The molecule has 3 rings (SSSR count). The van der Waals surface area contributed by atoms with E-state index in [9.17, 15) is 9.59 Å². The summed E-state index contributed by atoms with van der Waals surface area (Å²) in [4.78, 5) is 32.0. The van der Waals surface area contributed by atoms with Gasteiger partial charge in [-0.2, -0.15) is 0 Å². The quantitative estimate of drug-likeness (QED) is 0.935. The first-order chi connectivity index (χ1) is 11.0. The van der Waals surface area contributed by atoms with E-state index in [1.807, 2.05) is 32.1 Å². The molecule has 23 heavy (non-hydrogen) atoms. The Labute approximate surface area is 140 Å². The number of nitrogens with zero attached hydrogens (tertiary/aromatic N) is 1. The Hall–Kier alpha value is -1.88. The highest BCUT2D eigenvalue weighted by atomic mass is 32.1. The molecule has 2 aromatic rings. The maximum atomic E-state index is 12.8. The van der Waals surface area contributed by atoms with Crippen molar-refractivity contribution < 1.29 is 4.79 Å². The molecule has 0 aliphatic heterocycles. The summed E-state index contributed by atoms with van der Waals surface area (Å²) in [5, 5.41) is 0. The molecule has 122 valence electrons. The second-order valence-electron chi connectivity index (χ2n) is 6.43. The van der Waals surface area contributed by atoms with Crippen molar-refractivity contribution in [3.63, 3.8) is 0 Å². The molecule has 0 unspecified atom stereocenters. The van der Waals surface area contributed by atoms with Gasteiger partial charge in [-0.15, -0.1) is 11.3 Å². The highest BCUT2D eigenvalue weighted by molar-refractivity contribution is 7.12. The Balaban J connectivity index is 1.85. The molecular formula is C18H22N2O2S. The van der Waals surface area contributed by atoms with E-state index < -0.39 is 0 Å². The van der Waals surface area contributed by atoms with Gasteiger partial charge in [0.05, 0.1) is 6.54 Å². The van der Waals surface area contributed by atoms with Crippen LogP contribution in [0.2, 0.25) is 0 Å². The minimum atomic E-state index is -0.311. The first kappa shape index (κ1) is 16.0. The number of nitrogens with one attached hydrogen (secondary N) is 1. The van der Waals surface area contributed by atoms with Crippen LogP contribution in [0.25, 0.3) is 0 Å². The molecule has 0 fully saturated rings. The summed E-state index contributed by atoms with van der Waals surface area (Å²) in [7, 11) is 0. The molecule has 0 saturated heterocycles. The molecule has 1 N–H and O–H groups in total. The maximum Gasteiger partial charge on any atom is 0.260 e. The lowest BCUT2D eigenvalue weighted by molar-refractivity contribution is 0.0690. The zero-order chi connectivity index (χ0) is 16.6. The molecule has 1 aliphatic rings. The van der Waals surface area contributed by atoms with Gasteiger partial charge in [0.2, 0.25) is 0 Å². The zero-order valence-corrected chi connectivity index (χ0v) is 14.6. The Kier molecular flexibility index (Phi) is 4.39. The Morgan fingerprint density at radius 1 is 1.35 bits per heavy atom. The number of rotatable bonds is 4. The van der Waals surface area contributed by atoms with Crippen LogP contribution in [0, 0.1) is 6.92 Å². The summed E-state index contributed by atoms with van der Waals surface area (Å²) in [6.07, 6.45) is 3.55. The molecule has 2 aromatic heterocycles. The first-order valence-corrected chi connectivity index (χ1v) is 8.88. The highest BCUT2D eigenvalue weighted by Gasteiger charge is 2.23. The van der Waals surface area contributed by atoms with Gasteiger partial charge in [-0.05, 0) is 63.8 Å². The van der Waals surface area contributed by atoms with Crippen LogP contribution in [0.4, 0.5) is 0 Å². The highest BCUT2D eigenvalue weighted by Crippen LogP contribution is 2.31. The number of aromatic amines is 1. The fourth-order valence-corrected chi connectivity index (χ4v) is 4.28. The lowest BCUT2D eigenvalue weighted by Crippen LogP contribution is -2.39. The van der Waals surface area contributed by atoms with E-state index in [1.54, 1.807) is 17.0 Å². The number of hydrogen-bond donors (Lipinski definition) is 1. The normalized spacial score (nSPS) is 13.4. The largest absolute Gasteiger partial charge is 0.331 e. The lowest BCUT2D eigenvalue weighted by atomic mass is 10.2. The van der Waals surface area contributed by atoms with Gasteiger partial charge < -0.3 is 9.88 Å². The van der Waals surface area contributed by atoms with Crippen molar-refractivity contribution in [2.45, 2.75) is 52.6 Å². The molecule has 0 saturated carbocycles. The topological polar surface area (TPSA) is 53.2 Å². The van der Waals surface area contributed by atoms with Crippen molar-refractivity contribution in [3.8, 4) is 0 Å². The van der Waals surface area contributed by atoms with E-state index in [2.05, 4.69) is 11.1 Å². The Morgan fingerprint density at radius 3 is 2.78 bits per heavy atom. The molecule has 0 atom stereocenters. The fourth-order valence-electron chi connectivity index (χ4n) is 3.02. The third-order valence-corrected chi connectivity index (χ3v) is 5.52. The molecule has 0 bridgehead atoms. The van der Waals surface area contributed by atoms with Crippen molar-refractivity contribution in [2.24, 2.45) is 0 Å². The number of carbonyl (C=O) groups excluding carboxylic acids is 1. The van der Waals surface area contributed by atoms with Crippen LogP contribution in [0.15, 0.2) is 23.0 Å². The Morgan fingerprint density at radius 2 is 2.13 bits per heavy atom. The van der Waals surface area contributed by atoms with Gasteiger partial charge in [0.25, 0.3) is 11.5 Å². The smallest absolute Gasteiger partial charge is 0.260 e. The average Bonchev–Trinajstić information content (AvgIpc) is 3.04. The molecule has 4 nitrogen and oxygen atoms in total. The lowest BCUT2D eigenvalue weighted by Gasteiger charge is -2.26. The number of fused-ring (bicyclic) bond motifs is 1. The van der Waals surface area contributed by atoms with Crippen molar-refractivity contribution in [2.75, 3.05) is 0 Å². The van der Waals surface area contributed by atoms with Crippen LogP contribution in [0.5, 0.6) is 0 Å². The van der Waals surface area contributed by atoms with Crippen LogP contribution >= 0.6 is 11.3 Å². The molecule has 2 heterocycles. The van der Waals surface area contributed by atoms with Gasteiger partial charge in [-0.1, -0.05) is 0 Å². The molecule has 1 amide bonds. The predicted molar refractivity (Wildman–Crippen MR) is 93.2 cm³/mol. The number of aryl methyl sites for hydroxylation is 3. The first-order valence-electron chi connectivity index (χ1n) is 8.07. The van der Waals surface area contributed by atoms with Gasteiger partial charge in [0.1, 0.15) is 5.56 Å². The monoisotopic (exact) mass is 330 g/mol. The summed E-state index contributed by atoms with van der Waals surface area (Å²) in [6, 6.07) is 5.67. The number of pyridine rings is 1. The van der Waals surface area contributed by atoms with E-state index in [1.165, 1.54) is 21.7 Å². The van der Waals surface area contributed by atoms with Crippen LogP contribution < -0.4 is 5.56 Å². The van der Waals surface area contributed by atoms with Crippen LogP contribution in [-0.4, -0.2) is 21.8 Å². The summed E-state index contributed by atoms with van der Waals surface area (Å²) in [6.45, 7) is 6.35. The maximum absolute atomic E-state index is 12.8. The van der Waals surface area contributed by atoms with Crippen molar-refractivity contribution in [3.05, 3.63) is 55.1 Å². The van der Waals surface area contributed by atoms with Crippen LogP contribution in [-0.2, 0) is 19.4 Å². The van der Waals surface area contributed by atoms with E-state index in [4.69, 9.17) is 0 Å². The molecule has 5 heteroatoms. The molecule has 0 spiro atoms. The van der Waals surface area contributed by atoms with E-state index in [0.717, 1.165) is 18.5 Å². The summed E-state index contributed by atoms with van der Waals surface area (Å²) >= 11 is 1.81. The summed E-state index contributed by atoms with van der Waals surface area (Å²) < 4.78 is 0. The number of carbonyl (C=O) groups is 1. The van der Waals surface area contributed by atoms with E-state index >= 15 is 0 Å². The third-order valence-electron chi connectivity index (χ3n) is 4.29. The zero-order valence-electron chi connectivity index (χ0n) is 13.8.